The van der Waals surface area contributed by atoms with Gasteiger partial charge >= 0.3 is 0 Å². The van der Waals surface area contributed by atoms with Crippen LogP contribution < -0.4 is 15.4 Å². The summed E-state index contributed by atoms with van der Waals surface area (Å²) in [6.07, 6.45) is 8.43. The van der Waals surface area contributed by atoms with Crippen LogP contribution >= 0.6 is 0 Å². The van der Waals surface area contributed by atoms with Gasteiger partial charge in [-0.2, -0.15) is 0 Å². The van der Waals surface area contributed by atoms with Gasteiger partial charge in [0.05, 0.1) is 6.54 Å². The zero-order valence-electron chi connectivity index (χ0n) is 17.5. The second-order valence-electron chi connectivity index (χ2n) is 9.57. The van der Waals surface area contributed by atoms with Crippen LogP contribution in [0.3, 0.4) is 0 Å². The Balaban J connectivity index is 1.09. The normalized spacial score (nSPS) is 29.5. The third kappa shape index (κ3) is 4.93. The maximum Gasteiger partial charge on any atom is 0.226 e. The molecule has 1 aromatic rings. The molecule has 0 aromatic heterocycles. The molecule has 0 atom stereocenters. The predicted octanol–water partition coefficient (Wildman–Crippen LogP) is 3.60. The van der Waals surface area contributed by atoms with Crippen molar-refractivity contribution >= 4 is 11.8 Å². The van der Waals surface area contributed by atoms with Gasteiger partial charge in [-0.25, -0.2) is 0 Å². The third-order valence-corrected chi connectivity index (χ3v) is 7.10. The van der Waals surface area contributed by atoms with E-state index in [0.717, 1.165) is 42.8 Å². The number of carbonyl (C=O) groups is 2. The van der Waals surface area contributed by atoms with Gasteiger partial charge in [-0.1, -0.05) is 17.7 Å². The molecule has 2 amide bonds. The molecule has 0 spiro atoms. The quantitative estimate of drug-likeness (QED) is 0.625. The van der Waals surface area contributed by atoms with Gasteiger partial charge in [0, 0.05) is 18.4 Å². The molecular weight excluding hydrogens is 364 g/mol. The fourth-order valence-corrected chi connectivity index (χ4v) is 6.11. The summed E-state index contributed by atoms with van der Waals surface area (Å²) >= 11 is 0. The largest absolute Gasteiger partial charge is 0.492 e. The first kappa shape index (κ1) is 20.2. The van der Waals surface area contributed by atoms with Crippen molar-refractivity contribution in [3.63, 3.8) is 0 Å². The molecule has 0 heterocycles. The fraction of sp³-hybridized carbons (Fsp3) is 0.667. The minimum Gasteiger partial charge on any atom is -0.492 e. The molecule has 2 N–H and O–H groups in total. The molecule has 5 heteroatoms. The van der Waals surface area contributed by atoms with Crippen LogP contribution in [0.25, 0.3) is 0 Å². The number of aryl methyl sites for hydroxylation is 1. The molecular formula is C24H34N2O3. The summed E-state index contributed by atoms with van der Waals surface area (Å²) in [6.45, 7) is 3.58. The van der Waals surface area contributed by atoms with Gasteiger partial charge in [0.15, 0.2) is 0 Å². The van der Waals surface area contributed by atoms with E-state index in [2.05, 4.69) is 10.6 Å². The van der Waals surface area contributed by atoms with Crippen molar-refractivity contribution in [2.75, 3.05) is 19.7 Å². The van der Waals surface area contributed by atoms with Gasteiger partial charge in [0.2, 0.25) is 11.8 Å². The minimum absolute atomic E-state index is 0.0153. The zero-order valence-corrected chi connectivity index (χ0v) is 17.5. The summed E-state index contributed by atoms with van der Waals surface area (Å²) in [5.74, 6) is 3.42. The Bertz CT molecular complexity index is 693. The van der Waals surface area contributed by atoms with Gasteiger partial charge in [-0.05, 0) is 81.8 Å². The molecule has 4 aliphatic rings. The Morgan fingerprint density at radius 3 is 2.21 bits per heavy atom. The van der Waals surface area contributed by atoms with Crippen LogP contribution in [-0.2, 0) is 9.59 Å². The first-order chi connectivity index (χ1) is 14.0. The Morgan fingerprint density at radius 2 is 1.59 bits per heavy atom. The molecule has 158 valence electrons. The van der Waals surface area contributed by atoms with Crippen LogP contribution in [-0.4, -0.2) is 31.5 Å². The highest BCUT2D eigenvalue weighted by molar-refractivity contribution is 5.83. The smallest absolute Gasteiger partial charge is 0.226 e. The molecule has 29 heavy (non-hydrogen) atoms. The SMILES string of the molecule is Cc1ccc(OCCNC(=O)CCCNC(=O)C23CC4CC(CC(C4)C2)C3)cc1. The third-order valence-electron chi connectivity index (χ3n) is 7.10. The number of hydrogen-bond acceptors (Lipinski definition) is 3. The maximum atomic E-state index is 12.9. The molecule has 0 aliphatic heterocycles. The second kappa shape index (κ2) is 8.76. The standard InChI is InChI=1S/C24H34N2O3/c1-17-4-6-21(7-5-17)29-10-9-25-22(27)3-2-8-26-23(28)24-14-18-11-19(15-24)13-20(12-18)16-24/h4-7,18-20H,2-3,8-16H2,1H3,(H,25,27)(H,26,28). The second-order valence-corrected chi connectivity index (χ2v) is 9.57. The highest BCUT2D eigenvalue weighted by Gasteiger charge is 2.54. The Morgan fingerprint density at radius 1 is 0.966 bits per heavy atom. The fourth-order valence-electron chi connectivity index (χ4n) is 6.11. The lowest BCUT2D eigenvalue weighted by Gasteiger charge is -2.55. The highest BCUT2D eigenvalue weighted by Crippen LogP contribution is 2.60. The average Bonchev–Trinajstić information content (AvgIpc) is 2.69. The number of rotatable bonds is 9. The molecule has 5 rings (SSSR count). The van der Waals surface area contributed by atoms with E-state index in [4.69, 9.17) is 4.74 Å². The predicted molar refractivity (Wildman–Crippen MR) is 113 cm³/mol. The van der Waals surface area contributed by atoms with E-state index < -0.39 is 0 Å². The summed E-state index contributed by atoms with van der Waals surface area (Å²) in [5.41, 5.74) is 1.10. The summed E-state index contributed by atoms with van der Waals surface area (Å²) in [5, 5.41) is 6.03. The van der Waals surface area contributed by atoms with Crippen LogP contribution in [0.1, 0.15) is 56.9 Å². The molecule has 5 nitrogen and oxygen atoms in total. The average molecular weight is 399 g/mol. The van der Waals surface area contributed by atoms with Crippen LogP contribution in [0, 0.1) is 30.1 Å². The Hall–Kier alpha value is -2.04. The number of nitrogens with one attached hydrogen (secondary N) is 2. The molecule has 0 radical (unpaired) electrons. The topological polar surface area (TPSA) is 67.4 Å². The van der Waals surface area contributed by atoms with Gasteiger partial charge in [-0.15, -0.1) is 0 Å². The van der Waals surface area contributed by atoms with Crippen molar-refractivity contribution in [2.45, 2.75) is 58.3 Å². The molecule has 0 saturated heterocycles. The molecule has 1 aromatic carbocycles. The van der Waals surface area contributed by atoms with E-state index in [1.807, 2.05) is 31.2 Å². The van der Waals surface area contributed by atoms with Crippen molar-refractivity contribution in [3.8, 4) is 5.75 Å². The molecule has 4 bridgehead atoms. The van der Waals surface area contributed by atoms with Crippen molar-refractivity contribution in [1.82, 2.24) is 10.6 Å². The first-order valence-corrected chi connectivity index (χ1v) is 11.3. The van der Waals surface area contributed by atoms with E-state index in [0.29, 0.717) is 32.5 Å². The van der Waals surface area contributed by atoms with E-state index >= 15 is 0 Å². The summed E-state index contributed by atoms with van der Waals surface area (Å²) < 4.78 is 5.61. The van der Waals surface area contributed by atoms with Gasteiger partial charge < -0.3 is 15.4 Å². The number of benzene rings is 1. The van der Waals surface area contributed by atoms with Crippen LogP contribution in [0.2, 0.25) is 0 Å². The number of hydrogen-bond donors (Lipinski definition) is 2. The van der Waals surface area contributed by atoms with Crippen molar-refractivity contribution in [2.24, 2.45) is 23.2 Å². The number of amides is 2. The van der Waals surface area contributed by atoms with Crippen molar-refractivity contribution in [3.05, 3.63) is 29.8 Å². The first-order valence-electron chi connectivity index (χ1n) is 11.3. The molecule has 4 aliphatic carbocycles. The molecule has 0 unspecified atom stereocenters. The summed E-state index contributed by atoms with van der Waals surface area (Å²) in [7, 11) is 0. The highest BCUT2D eigenvalue weighted by atomic mass is 16.5. The lowest BCUT2D eigenvalue weighted by Crippen LogP contribution is -2.53. The number of ether oxygens (including phenoxy) is 1. The number of carbonyl (C=O) groups excluding carboxylic acids is 2. The lowest BCUT2D eigenvalue weighted by molar-refractivity contribution is -0.146. The lowest BCUT2D eigenvalue weighted by atomic mass is 9.49. The van der Waals surface area contributed by atoms with Gasteiger partial charge in [0.25, 0.3) is 0 Å². The van der Waals surface area contributed by atoms with Crippen molar-refractivity contribution in [1.29, 1.82) is 0 Å². The molecule has 4 saturated carbocycles. The monoisotopic (exact) mass is 398 g/mol. The van der Waals surface area contributed by atoms with Gasteiger partial charge in [0.1, 0.15) is 12.4 Å². The summed E-state index contributed by atoms with van der Waals surface area (Å²) in [4.78, 5) is 24.9. The summed E-state index contributed by atoms with van der Waals surface area (Å²) in [6, 6.07) is 7.88. The van der Waals surface area contributed by atoms with E-state index in [9.17, 15) is 9.59 Å². The van der Waals surface area contributed by atoms with Crippen LogP contribution in [0.4, 0.5) is 0 Å². The Labute approximate surface area is 174 Å². The zero-order chi connectivity index (χ0) is 20.3. The van der Waals surface area contributed by atoms with Crippen LogP contribution in [0.5, 0.6) is 5.75 Å². The van der Waals surface area contributed by atoms with E-state index in [-0.39, 0.29) is 17.2 Å². The van der Waals surface area contributed by atoms with Gasteiger partial charge in [-0.3, -0.25) is 9.59 Å². The van der Waals surface area contributed by atoms with E-state index in [1.54, 1.807) is 0 Å². The van der Waals surface area contributed by atoms with Crippen LogP contribution in [0.15, 0.2) is 24.3 Å². The maximum absolute atomic E-state index is 12.9. The minimum atomic E-state index is -0.0929. The Kier molecular flexibility index (Phi) is 6.12. The van der Waals surface area contributed by atoms with E-state index in [1.165, 1.54) is 24.8 Å². The van der Waals surface area contributed by atoms with Crippen molar-refractivity contribution < 1.29 is 14.3 Å². The molecule has 4 fully saturated rings.